The molecular formula is C107H121BIN15O15Si. The molecule has 728 valence electrons. The fraction of sp³-hybridized carbons (Fsp3) is 0.308. The number of likely N-dealkylation sites (tertiary alicyclic amines) is 2. The quantitative estimate of drug-likeness (QED) is 0.0119. The number of aromatic nitrogens is 12. The van der Waals surface area contributed by atoms with Gasteiger partial charge in [0.05, 0.1) is 122 Å². The topological polar surface area (TPSA) is 311 Å². The van der Waals surface area contributed by atoms with Crippen molar-refractivity contribution in [2.45, 2.75) is 111 Å². The number of methoxy groups -OCH3 is 5. The van der Waals surface area contributed by atoms with Gasteiger partial charge in [0.2, 0.25) is 17.6 Å². The zero-order chi connectivity index (χ0) is 99.5. The van der Waals surface area contributed by atoms with Crippen LogP contribution in [-0.4, -0.2) is 217 Å². The van der Waals surface area contributed by atoms with Crippen LogP contribution in [0.5, 0.6) is 17.6 Å². The molecule has 4 unspecified atom stereocenters. The highest BCUT2D eigenvalue weighted by molar-refractivity contribution is 14.1. The molecule has 0 spiro atoms. The Balaban J connectivity index is 0.000000145. The third kappa shape index (κ3) is 27.1. The van der Waals surface area contributed by atoms with Gasteiger partial charge in [-0.3, -0.25) is 46.7 Å². The lowest BCUT2D eigenvalue weighted by molar-refractivity contribution is -0.148. The fourth-order valence-corrected chi connectivity index (χ4v) is 18.8. The summed E-state index contributed by atoms with van der Waals surface area (Å²) in [7, 11) is 6.40. The van der Waals surface area contributed by atoms with Gasteiger partial charge in [0.15, 0.2) is 0 Å². The maximum Gasteiger partial charge on any atom is 0.487 e. The Kier molecular flexibility index (Phi) is 36.5. The number of nitrogens with one attached hydrogen (secondary N) is 1. The van der Waals surface area contributed by atoms with Crippen molar-refractivity contribution >= 4 is 89.8 Å². The molecule has 1 N–H and O–H groups in total. The van der Waals surface area contributed by atoms with E-state index in [9.17, 15) is 24.0 Å². The first kappa shape index (κ1) is 104. The number of benzene rings is 7. The van der Waals surface area contributed by atoms with E-state index in [1.165, 1.54) is 42.1 Å². The van der Waals surface area contributed by atoms with E-state index in [0.29, 0.717) is 86.4 Å². The van der Waals surface area contributed by atoms with Crippen LogP contribution in [0.3, 0.4) is 0 Å². The highest BCUT2D eigenvalue weighted by Gasteiger charge is 2.50. The number of fused-ring (bicyclic) bond motifs is 4. The van der Waals surface area contributed by atoms with Crippen LogP contribution in [0.25, 0.3) is 73.7 Å². The van der Waals surface area contributed by atoms with Gasteiger partial charge < -0.3 is 52.2 Å². The van der Waals surface area contributed by atoms with Gasteiger partial charge in [-0.15, -0.1) is 0 Å². The molecule has 0 amide bonds. The van der Waals surface area contributed by atoms with Gasteiger partial charge in [-0.1, -0.05) is 232 Å². The summed E-state index contributed by atoms with van der Waals surface area (Å²) in [5.74, 6) is 4.08. The monoisotopic (exact) mass is 2020 g/mol. The average molecular weight is 2020 g/mol. The predicted molar refractivity (Wildman–Crippen MR) is 553 cm³/mol. The van der Waals surface area contributed by atoms with Gasteiger partial charge >= 0.3 is 31.0 Å². The molecule has 0 saturated carbocycles. The second-order valence-electron chi connectivity index (χ2n) is 35.6. The van der Waals surface area contributed by atoms with Gasteiger partial charge in [0.1, 0.15) is 49.1 Å². The third-order valence-corrected chi connectivity index (χ3v) is 25.7. The van der Waals surface area contributed by atoms with Crippen molar-refractivity contribution in [3.8, 4) is 63.2 Å². The minimum absolute atomic E-state index is 0.118. The van der Waals surface area contributed by atoms with Gasteiger partial charge in [0, 0.05) is 130 Å². The van der Waals surface area contributed by atoms with Crippen LogP contribution >= 0.6 is 22.6 Å². The van der Waals surface area contributed by atoms with Crippen LogP contribution in [0, 0.1) is 15.5 Å². The van der Waals surface area contributed by atoms with E-state index in [4.69, 9.17) is 52.2 Å². The van der Waals surface area contributed by atoms with E-state index in [0.717, 1.165) is 92.0 Å². The Morgan fingerprint density at radius 2 is 0.871 bits per heavy atom. The van der Waals surface area contributed by atoms with E-state index >= 15 is 0 Å². The lowest BCUT2D eigenvalue weighted by atomic mass is 9.90. The number of hydrogen-bond acceptors (Lipinski definition) is 25. The number of nitrogens with zero attached hydrogens (tertiary/aromatic N) is 14. The summed E-state index contributed by atoms with van der Waals surface area (Å²) in [6, 6.07) is 70.7. The maximum atomic E-state index is 13.0. The van der Waals surface area contributed by atoms with E-state index < -0.39 is 21.2 Å². The molecule has 0 radical (unpaired) electrons. The lowest BCUT2D eigenvalue weighted by Crippen LogP contribution is -2.41. The molecule has 33 heteroatoms. The van der Waals surface area contributed by atoms with Crippen molar-refractivity contribution < 1.29 is 66.4 Å². The first-order valence-corrected chi connectivity index (χ1v) is 51.2. The highest BCUT2D eigenvalue weighted by Crippen LogP contribution is 2.40. The van der Waals surface area contributed by atoms with E-state index in [1.54, 1.807) is 79.1 Å². The molecule has 3 aliphatic heterocycles. The second-order valence-corrected chi connectivity index (χ2v) is 42.1. The van der Waals surface area contributed by atoms with Crippen LogP contribution in [0.15, 0.2) is 285 Å². The molecular weight excluding hydrogens is 1900 g/mol. The fourth-order valence-electron chi connectivity index (χ4n) is 16.7. The Labute approximate surface area is 831 Å². The lowest BCUT2D eigenvalue weighted by Gasteiger charge is -2.32. The van der Waals surface area contributed by atoms with Crippen molar-refractivity contribution in [2.24, 2.45) is 11.8 Å². The SMILES string of the molecule is CCOC(=O)/C=C/B1OC(C)(C)C(C)(C)O1.CCOC(=O)/C=C/c1cn2c(-c3ccccc3)ncc2c(OC)n1.CCOC(=O)C1CN(Cc2ccccc2)CC1c1cn2c(-c3ccccc3)ncc2c(OC)n1.COC(=O)C1CN(Cc2ccccc2)CC1c1cn2c(-c3ccccc3)ncc2c(=O)[nH]1.COCN(Cc1ccccc1)C[Si](C)(C)C.COc1nc(I)cn2c(-c3ccccc3)ncc12. The van der Waals surface area contributed by atoms with Crippen molar-refractivity contribution in [3.63, 3.8) is 0 Å². The molecule has 0 aliphatic carbocycles. The number of halogens is 1. The van der Waals surface area contributed by atoms with Crippen molar-refractivity contribution in [3.05, 3.63) is 328 Å². The molecule has 7 aromatic carbocycles. The average Bonchev–Trinajstić information content (AvgIpc) is 1.58. The van der Waals surface area contributed by atoms with Gasteiger partial charge in [-0.05, 0) is 106 Å². The third-order valence-electron chi connectivity index (χ3n) is 23.8. The van der Waals surface area contributed by atoms with Gasteiger partial charge in [0.25, 0.3) is 5.56 Å². The van der Waals surface area contributed by atoms with Crippen LogP contribution in [-0.2, 0) is 71.8 Å². The number of hydrogen-bond donors (Lipinski definition) is 1. The normalized spacial score (nSPS) is 16.0. The molecule has 0 bridgehead atoms. The molecule has 8 aromatic heterocycles. The molecule has 3 aliphatic rings. The Morgan fingerprint density at radius 1 is 0.479 bits per heavy atom. The second kappa shape index (κ2) is 49.3. The highest BCUT2D eigenvalue weighted by atomic mass is 127. The number of imidazole rings is 4. The summed E-state index contributed by atoms with van der Waals surface area (Å²) >= 11 is 2.17. The number of H-pyrrole nitrogens is 1. The molecule has 11 heterocycles. The van der Waals surface area contributed by atoms with Gasteiger partial charge in [-0.2, -0.15) is 0 Å². The van der Waals surface area contributed by atoms with Crippen LogP contribution in [0.4, 0.5) is 0 Å². The molecule has 18 rings (SSSR count). The number of rotatable bonds is 28. The Bertz CT molecular complexity index is 6700. The van der Waals surface area contributed by atoms with Crippen molar-refractivity contribution in [1.82, 2.24) is 72.2 Å². The van der Waals surface area contributed by atoms with E-state index in [2.05, 4.69) is 146 Å². The summed E-state index contributed by atoms with van der Waals surface area (Å²) in [4.78, 5) is 103. The van der Waals surface area contributed by atoms with Crippen LogP contribution in [0.1, 0.15) is 94.1 Å². The predicted octanol–water partition coefficient (Wildman–Crippen LogP) is 18.0. The van der Waals surface area contributed by atoms with E-state index in [1.807, 2.05) is 235 Å². The number of aromatic amines is 1. The minimum Gasteiger partial charge on any atom is -0.479 e. The summed E-state index contributed by atoms with van der Waals surface area (Å²) < 4.78 is 61.7. The van der Waals surface area contributed by atoms with Crippen LogP contribution in [0.2, 0.25) is 19.6 Å². The molecule has 3 fully saturated rings. The summed E-state index contributed by atoms with van der Waals surface area (Å²) in [6.45, 7) is 27.2. The maximum absolute atomic E-state index is 13.0. The first-order valence-electron chi connectivity index (χ1n) is 46.4. The summed E-state index contributed by atoms with van der Waals surface area (Å²) in [5, 5.41) is 0. The Hall–Kier alpha value is -13.6. The van der Waals surface area contributed by atoms with Crippen molar-refractivity contribution in [1.29, 1.82) is 0 Å². The Morgan fingerprint density at radius 3 is 1.31 bits per heavy atom. The number of carbonyl (C=O) groups excluding carboxylic acids is 4. The molecule has 140 heavy (non-hydrogen) atoms. The number of carbonyl (C=O) groups is 4. The first-order chi connectivity index (χ1) is 67.6. The molecule has 4 atom stereocenters. The van der Waals surface area contributed by atoms with E-state index in [-0.39, 0.29) is 58.3 Å². The van der Waals surface area contributed by atoms with Gasteiger partial charge in [-0.25, -0.2) is 44.5 Å². The zero-order valence-electron chi connectivity index (χ0n) is 81.8. The van der Waals surface area contributed by atoms with Crippen molar-refractivity contribution in [2.75, 3.05) is 94.4 Å². The largest absolute Gasteiger partial charge is 0.487 e. The standard InChI is InChI=1S/C27H28N4O3.C25H24N4O3.C18H17N3O3.C13H10IN3O.C13H23NOSi.C11H19BO4/c1-3-34-27(32)22-17-30(15-19-10-6-4-7-11-19)16-21(22)23-18-31-24(26(29-23)33-2)14-28-25(31)20-12-8-5-9-13-20;1-32-25(31)20-15-28(13-17-8-4-2-5-9-17)14-19(20)21-16-29-22(24(30)27-21)12-26-23(29)18-10-6-3-7-11-18;1-3-24-16(22)10-9-14-12-21-15(18(20-14)23-2)11-19-17(21)13-7-5-4-6-8-13;1-18-13-10-7-15-12(9-5-3-2-4-6-9)17(10)8-11(14)16-13;1-15-11-14(12-16(2,3)4)10-13-8-6-5-7-9-13;1-6-14-9(13)7-8-12-15-10(2,3)11(4,5)16-12/h4-14,18,21-22H,3,15-17H2,1-2H3;2-12,16,19-20H,13-15H2,1H3,(H,27,30);4-12H,3H2,1-2H3;2-8H,1H3;5-9H,10-12H2,1-4H3;7-8H,6H2,1-5H3/b;;10-9+;;;8-7+. The molecule has 30 nitrogen and oxygen atoms in total. The van der Waals surface area contributed by atoms with Crippen LogP contribution < -0.4 is 19.8 Å². The zero-order valence-corrected chi connectivity index (χ0v) is 84.9. The molecule has 15 aromatic rings. The summed E-state index contributed by atoms with van der Waals surface area (Å²) in [5.41, 5.74) is 11.7. The molecule has 3 saturated heterocycles. The summed E-state index contributed by atoms with van der Waals surface area (Å²) in [6.07, 6.45) is 20.0. The smallest absolute Gasteiger partial charge is 0.479 e. The number of esters is 4. The number of ether oxygens (including phenoxy) is 8. The minimum atomic E-state index is -1.07.